The van der Waals surface area contributed by atoms with E-state index in [1.54, 1.807) is 7.11 Å². The van der Waals surface area contributed by atoms with Gasteiger partial charge < -0.3 is 14.6 Å². The fraction of sp³-hybridized carbons (Fsp3) is 0.600. The Morgan fingerprint density at radius 1 is 1.17 bits per heavy atom. The van der Waals surface area contributed by atoms with E-state index in [0.717, 1.165) is 12.2 Å². The van der Waals surface area contributed by atoms with Gasteiger partial charge in [0.05, 0.1) is 25.4 Å². The van der Waals surface area contributed by atoms with E-state index in [1.807, 2.05) is 45.0 Å². The molecular weight excluding hydrogens is 228 g/mol. The Kier molecular flexibility index (Phi) is 5.63. The first-order valence-corrected chi connectivity index (χ1v) is 6.35. The highest BCUT2D eigenvalue weighted by Gasteiger charge is 2.13. The zero-order valence-electron chi connectivity index (χ0n) is 11.8. The Bertz CT molecular complexity index is 338. The molecule has 3 heteroatoms. The Morgan fingerprint density at radius 3 is 2.28 bits per heavy atom. The number of ether oxygens (including phenoxy) is 2. The molecule has 0 aliphatic carbocycles. The summed E-state index contributed by atoms with van der Waals surface area (Å²) in [7, 11) is 1.66. The number of rotatable bonds is 6. The van der Waals surface area contributed by atoms with Gasteiger partial charge in [-0.25, -0.2) is 0 Å². The number of methoxy groups -OCH3 is 1. The van der Waals surface area contributed by atoms with Crippen molar-refractivity contribution in [3.8, 4) is 5.75 Å². The van der Waals surface area contributed by atoms with E-state index >= 15 is 0 Å². The molecule has 0 radical (unpaired) electrons. The molecule has 0 fully saturated rings. The first-order chi connectivity index (χ1) is 8.40. The molecule has 1 rings (SSSR count). The maximum atomic E-state index is 9.82. The lowest BCUT2D eigenvalue weighted by atomic mass is 10.1. The molecule has 0 amide bonds. The van der Waals surface area contributed by atoms with Crippen LogP contribution in [0.25, 0.3) is 0 Å². The van der Waals surface area contributed by atoms with Gasteiger partial charge in [0.25, 0.3) is 0 Å². The Balaban J connectivity index is 2.31. The molecule has 3 nitrogen and oxygen atoms in total. The fourth-order valence-electron chi connectivity index (χ4n) is 1.56. The molecule has 0 aromatic heterocycles. The van der Waals surface area contributed by atoms with Crippen LogP contribution in [-0.4, -0.2) is 30.5 Å². The highest BCUT2D eigenvalue weighted by Crippen LogP contribution is 2.14. The Morgan fingerprint density at radius 2 is 1.78 bits per heavy atom. The zero-order chi connectivity index (χ0) is 13.6. The fourth-order valence-corrected chi connectivity index (χ4v) is 1.56. The molecule has 1 unspecified atom stereocenters. The quantitative estimate of drug-likeness (QED) is 0.846. The number of aliphatic hydroxyl groups excluding tert-OH is 1. The predicted octanol–water partition coefficient (Wildman–Crippen LogP) is 2.80. The first-order valence-electron chi connectivity index (χ1n) is 6.35. The maximum absolute atomic E-state index is 9.82. The predicted molar refractivity (Wildman–Crippen MR) is 73.0 cm³/mol. The van der Waals surface area contributed by atoms with Crippen molar-refractivity contribution < 1.29 is 14.6 Å². The van der Waals surface area contributed by atoms with Gasteiger partial charge in [0.15, 0.2) is 0 Å². The lowest BCUT2D eigenvalue weighted by molar-refractivity contribution is -0.0503. The summed E-state index contributed by atoms with van der Waals surface area (Å²) in [4.78, 5) is 0. The number of benzene rings is 1. The maximum Gasteiger partial charge on any atom is 0.118 e. The smallest absolute Gasteiger partial charge is 0.118 e. The summed E-state index contributed by atoms with van der Waals surface area (Å²) < 4.78 is 10.6. The SMILES string of the molecule is COc1ccc(CCC(O)COC(C)(C)C)cc1. The van der Waals surface area contributed by atoms with Gasteiger partial charge in [-0.05, 0) is 51.3 Å². The summed E-state index contributed by atoms with van der Waals surface area (Å²) in [5.41, 5.74) is 1.01. The second-order valence-corrected chi connectivity index (χ2v) is 5.46. The molecule has 1 N–H and O–H groups in total. The van der Waals surface area contributed by atoms with Gasteiger partial charge in [-0.2, -0.15) is 0 Å². The summed E-state index contributed by atoms with van der Waals surface area (Å²) in [6.07, 6.45) is 1.15. The lowest BCUT2D eigenvalue weighted by Crippen LogP contribution is -2.26. The summed E-state index contributed by atoms with van der Waals surface area (Å²) in [6, 6.07) is 7.92. The van der Waals surface area contributed by atoms with E-state index in [9.17, 15) is 5.11 Å². The molecule has 102 valence electrons. The molecule has 0 aliphatic rings. The van der Waals surface area contributed by atoms with Crippen molar-refractivity contribution in [2.75, 3.05) is 13.7 Å². The largest absolute Gasteiger partial charge is 0.497 e. The average molecular weight is 252 g/mol. The molecule has 0 saturated heterocycles. The zero-order valence-corrected chi connectivity index (χ0v) is 11.8. The molecule has 0 aliphatic heterocycles. The van der Waals surface area contributed by atoms with Gasteiger partial charge in [0.2, 0.25) is 0 Å². The molecule has 1 atom stereocenters. The Hall–Kier alpha value is -1.06. The number of hydrogen-bond acceptors (Lipinski definition) is 3. The van der Waals surface area contributed by atoms with Crippen LogP contribution in [0.1, 0.15) is 32.8 Å². The van der Waals surface area contributed by atoms with Gasteiger partial charge in [-0.3, -0.25) is 0 Å². The number of hydrogen-bond donors (Lipinski definition) is 1. The molecule has 0 heterocycles. The highest BCUT2D eigenvalue weighted by molar-refractivity contribution is 5.27. The van der Waals surface area contributed by atoms with E-state index in [4.69, 9.17) is 9.47 Å². The van der Waals surface area contributed by atoms with Crippen molar-refractivity contribution in [3.05, 3.63) is 29.8 Å². The minimum absolute atomic E-state index is 0.193. The lowest BCUT2D eigenvalue weighted by Gasteiger charge is -2.21. The van der Waals surface area contributed by atoms with Crippen LogP contribution >= 0.6 is 0 Å². The van der Waals surface area contributed by atoms with Crippen LogP contribution in [0.4, 0.5) is 0 Å². The third-order valence-electron chi connectivity index (χ3n) is 2.63. The number of aliphatic hydroxyl groups is 1. The van der Waals surface area contributed by atoms with Crippen LogP contribution in [-0.2, 0) is 11.2 Å². The molecule has 1 aromatic carbocycles. The van der Waals surface area contributed by atoms with Crippen molar-refractivity contribution in [1.82, 2.24) is 0 Å². The monoisotopic (exact) mass is 252 g/mol. The van der Waals surface area contributed by atoms with Gasteiger partial charge >= 0.3 is 0 Å². The van der Waals surface area contributed by atoms with Crippen LogP contribution in [0, 0.1) is 0 Å². The van der Waals surface area contributed by atoms with E-state index in [1.165, 1.54) is 5.56 Å². The van der Waals surface area contributed by atoms with E-state index in [-0.39, 0.29) is 5.60 Å². The molecule has 0 saturated carbocycles. The van der Waals surface area contributed by atoms with Crippen LogP contribution in [0.2, 0.25) is 0 Å². The van der Waals surface area contributed by atoms with Crippen LogP contribution in [0.5, 0.6) is 5.75 Å². The van der Waals surface area contributed by atoms with Crippen LogP contribution < -0.4 is 4.74 Å². The van der Waals surface area contributed by atoms with Crippen molar-refractivity contribution in [2.24, 2.45) is 0 Å². The third-order valence-corrected chi connectivity index (χ3v) is 2.63. The summed E-state index contributed by atoms with van der Waals surface area (Å²) in [6.45, 7) is 6.36. The van der Waals surface area contributed by atoms with Crippen molar-refractivity contribution in [3.63, 3.8) is 0 Å². The second kappa shape index (κ2) is 6.76. The molecule has 18 heavy (non-hydrogen) atoms. The minimum Gasteiger partial charge on any atom is -0.497 e. The highest BCUT2D eigenvalue weighted by atomic mass is 16.5. The van der Waals surface area contributed by atoms with Crippen molar-refractivity contribution >= 4 is 0 Å². The molecule has 0 bridgehead atoms. The molecule has 0 spiro atoms. The van der Waals surface area contributed by atoms with E-state index in [0.29, 0.717) is 13.0 Å². The topological polar surface area (TPSA) is 38.7 Å². The summed E-state index contributed by atoms with van der Waals surface area (Å²) in [5, 5.41) is 9.82. The van der Waals surface area contributed by atoms with Gasteiger partial charge in [-0.15, -0.1) is 0 Å². The first kappa shape index (κ1) is 15.0. The van der Waals surface area contributed by atoms with Crippen LogP contribution in [0.3, 0.4) is 0 Å². The Labute approximate surface area is 110 Å². The van der Waals surface area contributed by atoms with Gasteiger partial charge in [0.1, 0.15) is 5.75 Å². The van der Waals surface area contributed by atoms with Gasteiger partial charge in [0, 0.05) is 0 Å². The molecule has 1 aromatic rings. The van der Waals surface area contributed by atoms with Crippen LogP contribution in [0.15, 0.2) is 24.3 Å². The van der Waals surface area contributed by atoms with E-state index in [2.05, 4.69) is 0 Å². The van der Waals surface area contributed by atoms with Crippen molar-refractivity contribution in [1.29, 1.82) is 0 Å². The van der Waals surface area contributed by atoms with E-state index < -0.39 is 6.10 Å². The third kappa shape index (κ3) is 6.03. The van der Waals surface area contributed by atoms with Gasteiger partial charge in [-0.1, -0.05) is 12.1 Å². The molecular formula is C15H24O3. The summed E-state index contributed by atoms with van der Waals surface area (Å²) >= 11 is 0. The standard InChI is InChI=1S/C15H24O3/c1-15(2,3)18-11-13(16)8-5-12-6-9-14(17-4)10-7-12/h6-7,9-10,13,16H,5,8,11H2,1-4H3. The second-order valence-electron chi connectivity index (χ2n) is 5.46. The summed E-state index contributed by atoms with van der Waals surface area (Å²) in [5.74, 6) is 0.857. The van der Waals surface area contributed by atoms with Crippen molar-refractivity contribution in [2.45, 2.75) is 45.3 Å². The minimum atomic E-state index is -0.411. The number of aryl methyl sites for hydroxylation is 1. The normalized spacial score (nSPS) is 13.4. The average Bonchev–Trinajstić information content (AvgIpc) is 2.33.